The van der Waals surface area contributed by atoms with Crippen molar-refractivity contribution in [1.82, 2.24) is 5.32 Å². The molecule has 0 aliphatic heterocycles. The van der Waals surface area contributed by atoms with Crippen molar-refractivity contribution >= 4 is 16.5 Å². The molecule has 17 heavy (non-hydrogen) atoms. The second-order valence-electron chi connectivity index (χ2n) is 4.50. The summed E-state index contributed by atoms with van der Waals surface area (Å²) in [6.45, 7) is 3.62. The summed E-state index contributed by atoms with van der Waals surface area (Å²) in [7, 11) is 3.32. The van der Waals surface area contributed by atoms with Crippen molar-refractivity contribution in [3.8, 4) is 0 Å². The number of benzene rings is 1. The SMILES string of the molecule is CC(CNCc1ccc(N(C)C)cc1)S(C)=O. The minimum absolute atomic E-state index is 0.205. The molecule has 0 spiro atoms. The first-order valence-corrected chi connectivity index (χ1v) is 7.42. The number of nitrogens with zero attached hydrogens (tertiary/aromatic N) is 1. The van der Waals surface area contributed by atoms with Gasteiger partial charge < -0.3 is 10.2 Å². The van der Waals surface area contributed by atoms with Gasteiger partial charge in [-0.1, -0.05) is 12.1 Å². The summed E-state index contributed by atoms with van der Waals surface area (Å²) in [6, 6.07) is 8.46. The summed E-state index contributed by atoms with van der Waals surface area (Å²) in [5.41, 5.74) is 2.46. The highest BCUT2D eigenvalue weighted by Crippen LogP contribution is 2.11. The summed E-state index contributed by atoms with van der Waals surface area (Å²) in [6.07, 6.45) is 1.75. The number of anilines is 1. The lowest BCUT2D eigenvalue weighted by molar-refractivity contribution is 0.647. The molecule has 0 saturated carbocycles. The van der Waals surface area contributed by atoms with Gasteiger partial charge in [0.05, 0.1) is 0 Å². The van der Waals surface area contributed by atoms with E-state index in [2.05, 4.69) is 34.5 Å². The monoisotopic (exact) mass is 254 g/mol. The standard InChI is InChI=1S/C13H22N2OS/c1-11(17(4)16)9-14-10-12-5-7-13(8-6-12)15(2)3/h5-8,11,14H,9-10H2,1-4H3. The predicted molar refractivity (Wildman–Crippen MR) is 76.0 cm³/mol. The summed E-state index contributed by atoms with van der Waals surface area (Å²) >= 11 is 0. The molecule has 0 amide bonds. The molecule has 4 heteroatoms. The first-order valence-electron chi connectivity index (χ1n) is 5.80. The van der Waals surface area contributed by atoms with Gasteiger partial charge in [0.2, 0.25) is 0 Å². The number of rotatable bonds is 6. The summed E-state index contributed by atoms with van der Waals surface area (Å²) in [5, 5.41) is 3.53. The highest BCUT2D eigenvalue weighted by molar-refractivity contribution is 7.84. The molecule has 2 atom stereocenters. The number of hydrogen-bond acceptors (Lipinski definition) is 3. The molecule has 1 aromatic rings. The zero-order valence-electron chi connectivity index (χ0n) is 11.1. The smallest absolute Gasteiger partial charge is 0.0441 e. The molecule has 0 radical (unpaired) electrons. The van der Waals surface area contributed by atoms with E-state index in [9.17, 15) is 4.21 Å². The van der Waals surface area contributed by atoms with Crippen LogP contribution in [-0.4, -0.2) is 36.4 Å². The maximum atomic E-state index is 11.2. The van der Waals surface area contributed by atoms with Gasteiger partial charge in [-0.2, -0.15) is 0 Å². The van der Waals surface area contributed by atoms with E-state index in [1.54, 1.807) is 6.26 Å². The molecule has 0 saturated heterocycles. The van der Waals surface area contributed by atoms with E-state index in [0.717, 1.165) is 13.1 Å². The van der Waals surface area contributed by atoms with Gasteiger partial charge in [0, 0.05) is 55.2 Å². The molecule has 96 valence electrons. The first-order chi connectivity index (χ1) is 8.00. The Morgan fingerprint density at radius 1 is 1.29 bits per heavy atom. The van der Waals surface area contributed by atoms with Gasteiger partial charge >= 0.3 is 0 Å². The van der Waals surface area contributed by atoms with Crippen LogP contribution in [0.15, 0.2) is 24.3 Å². The van der Waals surface area contributed by atoms with Crippen LogP contribution < -0.4 is 10.2 Å². The fourth-order valence-electron chi connectivity index (χ4n) is 1.45. The molecule has 0 fully saturated rings. The zero-order valence-corrected chi connectivity index (χ0v) is 11.9. The largest absolute Gasteiger partial charge is 0.378 e. The average molecular weight is 254 g/mol. The lowest BCUT2D eigenvalue weighted by Gasteiger charge is -2.13. The minimum atomic E-state index is -0.747. The van der Waals surface area contributed by atoms with Gasteiger partial charge in [0.25, 0.3) is 0 Å². The Balaban J connectivity index is 2.40. The predicted octanol–water partition coefficient (Wildman–Crippen LogP) is 1.61. The Kier molecular flexibility index (Phi) is 5.65. The second-order valence-corrected chi connectivity index (χ2v) is 6.30. The lowest BCUT2D eigenvalue weighted by Crippen LogP contribution is -2.27. The summed E-state index contributed by atoms with van der Waals surface area (Å²) in [4.78, 5) is 2.08. The van der Waals surface area contributed by atoms with Crippen LogP contribution in [0.25, 0.3) is 0 Å². The van der Waals surface area contributed by atoms with Crippen LogP contribution in [0.1, 0.15) is 12.5 Å². The molecule has 0 bridgehead atoms. The van der Waals surface area contributed by atoms with Gasteiger partial charge in [0.15, 0.2) is 0 Å². The molecule has 1 N–H and O–H groups in total. The van der Waals surface area contributed by atoms with Crippen LogP contribution >= 0.6 is 0 Å². The molecule has 0 aromatic heterocycles. The van der Waals surface area contributed by atoms with Crippen molar-refractivity contribution in [3.63, 3.8) is 0 Å². The van der Waals surface area contributed by atoms with Crippen molar-refractivity contribution in [2.75, 3.05) is 31.8 Å². The van der Waals surface area contributed by atoms with Gasteiger partial charge in [-0.25, -0.2) is 0 Å². The molecule has 0 aliphatic rings. The molecule has 1 aromatic carbocycles. The van der Waals surface area contributed by atoms with E-state index in [4.69, 9.17) is 0 Å². The van der Waals surface area contributed by atoms with Crippen molar-refractivity contribution < 1.29 is 4.21 Å². The maximum Gasteiger partial charge on any atom is 0.0441 e. The Morgan fingerprint density at radius 3 is 2.35 bits per heavy atom. The third kappa shape index (κ3) is 4.88. The van der Waals surface area contributed by atoms with Gasteiger partial charge in [0.1, 0.15) is 0 Å². The van der Waals surface area contributed by atoms with Crippen LogP contribution in [0.5, 0.6) is 0 Å². The normalized spacial score (nSPS) is 14.4. The first kappa shape index (κ1) is 14.2. The minimum Gasteiger partial charge on any atom is -0.378 e. The van der Waals surface area contributed by atoms with Crippen molar-refractivity contribution in [3.05, 3.63) is 29.8 Å². The number of hydrogen-bond donors (Lipinski definition) is 1. The van der Waals surface area contributed by atoms with Crippen LogP contribution in [0.3, 0.4) is 0 Å². The van der Waals surface area contributed by atoms with E-state index >= 15 is 0 Å². The van der Waals surface area contributed by atoms with E-state index < -0.39 is 10.8 Å². The Labute approximate surface area is 107 Å². The molecule has 0 aliphatic carbocycles. The molecular formula is C13H22N2OS. The van der Waals surface area contributed by atoms with Crippen LogP contribution in [0.2, 0.25) is 0 Å². The molecule has 0 heterocycles. The van der Waals surface area contributed by atoms with Crippen LogP contribution in [-0.2, 0) is 17.3 Å². The fraction of sp³-hybridized carbons (Fsp3) is 0.538. The van der Waals surface area contributed by atoms with Crippen molar-refractivity contribution in [1.29, 1.82) is 0 Å². The van der Waals surface area contributed by atoms with E-state index in [1.807, 2.05) is 21.0 Å². The fourth-order valence-corrected chi connectivity index (χ4v) is 1.80. The zero-order chi connectivity index (χ0) is 12.8. The molecule has 1 rings (SSSR count). The van der Waals surface area contributed by atoms with Gasteiger partial charge in [-0.15, -0.1) is 0 Å². The third-order valence-electron chi connectivity index (χ3n) is 2.78. The average Bonchev–Trinajstić information content (AvgIpc) is 2.29. The Hall–Kier alpha value is -0.870. The quantitative estimate of drug-likeness (QED) is 0.837. The summed E-state index contributed by atoms with van der Waals surface area (Å²) < 4.78 is 11.2. The van der Waals surface area contributed by atoms with Crippen LogP contribution in [0.4, 0.5) is 5.69 Å². The van der Waals surface area contributed by atoms with Crippen LogP contribution in [0, 0.1) is 0 Å². The lowest BCUT2D eigenvalue weighted by atomic mass is 10.2. The van der Waals surface area contributed by atoms with E-state index in [0.29, 0.717) is 0 Å². The maximum absolute atomic E-state index is 11.2. The van der Waals surface area contributed by atoms with E-state index in [-0.39, 0.29) is 5.25 Å². The molecule has 2 unspecified atom stereocenters. The third-order valence-corrected chi connectivity index (χ3v) is 4.08. The topological polar surface area (TPSA) is 32.3 Å². The summed E-state index contributed by atoms with van der Waals surface area (Å²) in [5.74, 6) is 0. The van der Waals surface area contributed by atoms with Gasteiger partial charge in [-0.3, -0.25) is 4.21 Å². The highest BCUT2D eigenvalue weighted by atomic mass is 32.2. The molecular weight excluding hydrogens is 232 g/mol. The molecule has 3 nitrogen and oxygen atoms in total. The van der Waals surface area contributed by atoms with Gasteiger partial charge in [-0.05, 0) is 24.6 Å². The second kappa shape index (κ2) is 6.77. The Morgan fingerprint density at radius 2 is 1.88 bits per heavy atom. The van der Waals surface area contributed by atoms with Crippen molar-refractivity contribution in [2.45, 2.75) is 18.7 Å². The Bertz CT molecular complexity index is 362. The van der Waals surface area contributed by atoms with Crippen molar-refractivity contribution in [2.24, 2.45) is 0 Å². The highest BCUT2D eigenvalue weighted by Gasteiger charge is 2.04. The van der Waals surface area contributed by atoms with E-state index in [1.165, 1.54) is 11.3 Å². The number of nitrogens with one attached hydrogen (secondary N) is 1.